The molecule has 0 bridgehead atoms. The van der Waals surface area contributed by atoms with E-state index in [1.165, 1.54) is 4.90 Å². The molecule has 134 valence electrons. The van der Waals surface area contributed by atoms with Crippen molar-refractivity contribution in [2.75, 3.05) is 4.90 Å². The summed E-state index contributed by atoms with van der Waals surface area (Å²) in [6.07, 6.45) is -0.00168. The van der Waals surface area contributed by atoms with Gasteiger partial charge in [-0.15, -0.1) is 0 Å². The van der Waals surface area contributed by atoms with Crippen LogP contribution < -0.4 is 15.8 Å². The number of imide groups is 1. The Labute approximate surface area is 165 Å². The van der Waals surface area contributed by atoms with Crippen LogP contribution in [0.4, 0.5) is 5.69 Å². The number of carbonyl (C=O) groups excluding carboxylic acids is 3. The van der Waals surface area contributed by atoms with E-state index in [0.717, 1.165) is 14.7 Å². The van der Waals surface area contributed by atoms with Crippen molar-refractivity contribution >= 4 is 46.0 Å². The molecule has 1 fully saturated rings. The summed E-state index contributed by atoms with van der Waals surface area (Å²) in [4.78, 5) is 38.5. The topological polar surface area (TPSA) is 78.5 Å². The highest BCUT2D eigenvalue weighted by Gasteiger charge is 2.40. The Bertz CT molecular complexity index is 897. The molecule has 1 aliphatic rings. The second-order valence-electron chi connectivity index (χ2n) is 6.19. The smallest absolute Gasteiger partial charge is 0.266 e. The molecule has 6 nitrogen and oxygen atoms in total. The number of hydrogen-bond donors (Lipinski definition) is 2. The van der Waals surface area contributed by atoms with E-state index in [2.05, 4.69) is 33.4 Å². The van der Waals surface area contributed by atoms with Crippen molar-refractivity contribution in [2.45, 2.75) is 26.3 Å². The van der Waals surface area contributed by atoms with E-state index in [9.17, 15) is 14.4 Å². The molecule has 26 heavy (non-hydrogen) atoms. The summed E-state index contributed by atoms with van der Waals surface area (Å²) in [5.41, 5.74) is 8.24. The third-order valence-electron chi connectivity index (χ3n) is 4.22. The molecule has 1 heterocycles. The van der Waals surface area contributed by atoms with Crippen molar-refractivity contribution in [3.63, 3.8) is 0 Å². The van der Waals surface area contributed by atoms with Gasteiger partial charge in [0, 0.05) is 3.57 Å². The van der Waals surface area contributed by atoms with E-state index in [-0.39, 0.29) is 24.1 Å². The van der Waals surface area contributed by atoms with E-state index in [0.29, 0.717) is 11.3 Å². The second-order valence-corrected chi connectivity index (χ2v) is 7.35. The van der Waals surface area contributed by atoms with Crippen LogP contribution in [0.15, 0.2) is 42.5 Å². The van der Waals surface area contributed by atoms with Crippen LogP contribution in [0.1, 0.15) is 27.9 Å². The predicted octanol–water partition coefficient (Wildman–Crippen LogP) is 2.47. The molecule has 2 aromatic rings. The summed E-state index contributed by atoms with van der Waals surface area (Å²) in [7, 11) is 0. The number of nitrogens with one attached hydrogen (secondary N) is 2. The summed E-state index contributed by atoms with van der Waals surface area (Å²) in [5, 5.41) is 0. The van der Waals surface area contributed by atoms with Crippen molar-refractivity contribution in [1.82, 2.24) is 10.9 Å². The highest BCUT2D eigenvalue weighted by atomic mass is 127. The first-order valence-corrected chi connectivity index (χ1v) is 9.21. The molecule has 1 atom stereocenters. The van der Waals surface area contributed by atoms with Crippen LogP contribution in [0.25, 0.3) is 0 Å². The number of hydrogen-bond acceptors (Lipinski definition) is 4. The maximum atomic E-state index is 12.7. The van der Waals surface area contributed by atoms with Crippen molar-refractivity contribution in [3.05, 3.63) is 62.7 Å². The monoisotopic (exact) mass is 463 g/mol. The minimum Gasteiger partial charge on any atom is -0.287 e. The third kappa shape index (κ3) is 3.63. The maximum absolute atomic E-state index is 12.7. The molecule has 3 amide bonds. The van der Waals surface area contributed by atoms with Gasteiger partial charge in [-0.05, 0) is 60.2 Å². The minimum atomic E-state index is -0.784. The number of rotatable bonds is 4. The number of aryl methyl sites for hydroxylation is 2. The molecule has 1 aliphatic heterocycles. The van der Waals surface area contributed by atoms with Gasteiger partial charge in [-0.3, -0.25) is 19.8 Å². The molecular formula is C19H18IN3O3. The van der Waals surface area contributed by atoms with E-state index < -0.39 is 6.04 Å². The first-order valence-electron chi connectivity index (χ1n) is 8.13. The lowest BCUT2D eigenvalue weighted by Crippen LogP contribution is -2.48. The first kappa shape index (κ1) is 18.5. The number of anilines is 1. The molecule has 7 heteroatoms. The van der Waals surface area contributed by atoms with Crippen LogP contribution in [0.2, 0.25) is 0 Å². The largest absolute Gasteiger partial charge is 0.287 e. The minimum absolute atomic E-state index is 0.00168. The Morgan fingerprint density at radius 3 is 2.58 bits per heavy atom. The summed E-state index contributed by atoms with van der Waals surface area (Å²) in [6.45, 7) is 3.82. The fourth-order valence-corrected chi connectivity index (χ4v) is 3.55. The van der Waals surface area contributed by atoms with Gasteiger partial charge in [0.15, 0.2) is 0 Å². The highest BCUT2D eigenvalue weighted by molar-refractivity contribution is 14.1. The Morgan fingerprint density at radius 2 is 1.88 bits per heavy atom. The van der Waals surface area contributed by atoms with Gasteiger partial charge < -0.3 is 0 Å². The molecular weight excluding hydrogens is 445 g/mol. The lowest BCUT2D eigenvalue weighted by molar-refractivity contribution is -0.121. The van der Waals surface area contributed by atoms with Crippen LogP contribution in [-0.2, 0) is 9.59 Å². The van der Waals surface area contributed by atoms with Crippen LogP contribution in [-0.4, -0.2) is 23.8 Å². The van der Waals surface area contributed by atoms with Gasteiger partial charge in [0.2, 0.25) is 5.91 Å². The van der Waals surface area contributed by atoms with E-state index in [1.807, 2.05) is 38.1 Å². The quantitative estimate of drug-likeness (QED) is 0.415. The fourth-order valence-electron chi connectivity index (χ4n) is 2.92. The molecule has 1 unspecified atom stereocenters. The van der Waals surface area contributed by atoms with Gasteiger partial charge in [0.1, 0.15) is 6.04 Å². The number of amides is 3. The third-order valence-corrected chi connectivity index (χ3v) is 5.16. The average Bonchev–Trinajstić information content (AvgIpc) is 2.87. The number of hydrazine groups is 1. The number of benzene rings is 2. The van der Waals surface area contributed by atoms with Gasteiger partial charge in [-0.1, -0.05) is 29.8 Å². The number of halogens is 1. The standard InChI is InChI=1S/C19H18IN3O3/c1-11-7-8-16(12(2)9-11)23-17(24)10-15(19(23)26)21-22-18(25)13-5-3-4-6-14(13)20/h3-9,15,21H,10H2,1-2H3,(H,22,25). The van der Waals surface area contributed by atoms with Crippen molar-refractivity contribution < 1.29 is 14.4 Å². The summed E-state index contributed by atoms with van der Waals surface area (Å²) < 4.78 is 0.801. The average molecular weight is 463 g/mol. The molecule has 0 aliphatic carbocycles. The highest BCUT2D eigenvalue weighted by Crippen LogP contribution is 2.26. The zero-order valence-corrected chi connectivity index (χ0v) is 16.5. The fraction of sp³-hybridized carbons (Fsp3) is 0.211. The Morgan fingerprint density at radius 1 is 1.15 bits per heavy atom. The Kier molecular flexibility index (Phi) is 5.38. The molecule has 0 aromatic heterocycles. The van der Waals surface area contributed by atoms with Crippen LogP contribution in [0.5, 0.6) is 0 Å². The van der Waals surface area contributed by atoms with Crippen molar-refractivity contribution in [3.8, 4) is 0 Å². The SMILES string of the molecule is Cc1ccc(N2C(=O)CC(NNC(=O)c3ccccc3I)C2=O)c(C)c1. The van der Waals surface area contributed by atoms with Crippen molar-refractivity contribution in [1.29, 1.82) is 0 Å². The van der Waals surface area contributed by atoms with Gasteiger partial charge in [0.05, 0.1) is 17.7 Å². The van der Waals surface area contributed by atoms with E-state index in [1.54, 1.807) is 18.2 Å². The number of carbonyl (C=O) groups is 3. The van der Waals surface area contributed by atoms with E-state index >= 15 is 0 Å². The van der Waals surface area contributed by atoms with Gasteiger partial charge in [0.25, 0.3) is 11.8 Å². The van der Waals surface area contributed by atoms with Crippen molar-refractivity contribution in [2.24, 2.45) is 0 Å². The molecule has 2 N–H and O–H groups in total. The van der Waals surface area contributed by atoms with Gasteiger partial charge in [-0.25, -0.2) is 10.3 Å². The zero-order valence-electron chi connectivity index (χ0n) is 14.4. The predicted molar refractivity (Wildman–Crippen MR) is 107 cm³/mol. The summed E-state index contributed by atoms with van der Waals surface area (Å²) >= 11 is 2.07. The van der Waals surface area contributed by atoms with Gasteiger partial charge >= 0.3 is 0 Å². The van der Waals surface area contributed by atoms with E-state index in [4.69, 9.17) is 0 Å². The molecule has 1 saturated heterocycles. The normalized spacial score (nSPS) is 16.9. The molecule has 3 rings (SSSR count). The zero-order chi connectivity index (χ0) is 18.8. The lowest BCUT2D eigenvalue weighted by atomic mass is 10.1. The lowest BCUT2D eigenvalue weighted by Gasteiger charge is -2.18. The maximum Gasteiger partial charge on any atom is 0.266 e. The van der Waals surface area contributed by atoms with Crippen LogP contribution in [0.3, 0.4) is 0 Å². The second kappa shape index (κ2) is 7.55. The summed E-state index contributed by atoms with van der Waals surface area (Å²) in [5.74, 6) is -1.01. The number of nitrogens with zero attached hydrogens (tertiary/aromatic N) is 1. The Hall–Kier alpha value is -2.26. The molecule has 0 saturated carbocycles. The Balaban J connectivity index is 1.71. The van der Waals surface area contributed by atoms with Crippen LogP contribution in [0, 0.1) is 17.4 Å². The molecule has 0 radical (unpaired) electrons. The molecule has 0 spiro atoms. The summed E-state index contributed by atoms with van der Waals surface area (Å²) in [6, 6.07) is 11.9. The molecule has 2 aromatic carbocycles. The van der Waals surface area contributed by atoms with Crippen LogP contribution >= 0.6 is 22.6 Å². The first-order chi connectivity index (χ1) is 12.4. The van der Waals surface area contributed by atoms with Gasteiger partial charge in [-0.2, -0.15) is 0 Å².